The van der Waals surface area contributed by atoms with Crippen molar-refractivity contribution in [3.05, 3.63) is 18.6 Å². The van der Waals surface area contributed by atoms with Crippen LogP contribution in [0.3, 0.4) is 0 Å². The van der Waals surface area contributed by atoms with Gasteiger partial charge < -0.3 is 10.1 Å². The fourth-order valence-electron chi connectivity index (χ4n) is 4.45. The van der Waals surface area contributed by atoms with E-state index in [0.717, 1.165) is 25.7 Å². The van der Waals surface area contributed by atoms with Crippen LogP contribution in [-0.4, -0.2) is 53.1 Å². The topological polar surface area (TPSA) is 67.3 Å². The maximum Gasteiger partial charge on any atom is 0.231 e. The van der Waals surface area contributed by atoms with Crippen molar-refractivity contribution >= 4 is 11.7 Å². The Morgan fingerprint density at radius 2 is 2.09 bits per heavy atom. The molecule has 2 aliphatic heterocycles. The Labute approximate surface area is 136 Å². The summed E-state index contributed by atoms with van der Waals surface area (Å²) in [6.45, 7) is 3.44. The SMILES string of the molecule is O=C(Nc1cnccn1)[C@H]1COC[C@H]2CN(C3CCCC3)C[C@H]21. The minimum absolute atomic E-state index is 0.0217. The van der Waals surface area contributed by atoms with Gasteiger partial charge >= 0.3 is 0 Å². The van der Waals surface area contributed by atoms with Gasteiger partial charge in [0, 0.05) is 31.5 Å². The lowest BCUT2D eigenvalue weighted by molar-refractivity contribution is -0.128. The lowest BCUT2D eigenvalue weighted by atomic mass is 9.82. The molecule has 1 aromatic rings. The van der Waals surface area contributed by atoms with Crippen molar-refractivity contribution in [2.24, 2.45) is 17.8 Å². The molecule has 1 amide bonds. The predicted molar refractivity (Wildman–Crippen MR) is 85.8 cm³/mol. The summed E-state index contributed by atoms with van der Waals surface area (Å²) in [5.41, 5.74) is 0. The van der Waals surface area contributed by atoms with Crippen LogP contribution in [0.2, 0.25) is 0 Å². The number of nitrogens with one attached hydrogen (secondary N) is 1. The molecule has 2 saturated heterocycles. The molecule has 0 aromatic carbocycles. The number of aromatic nitrogens is 2. The largest absolute Gasteiger partial charge is 0.380 e. The van der Waals surface area contributed by atoms with Crippen LogP contribution >= 0.6 is 0 Å². The first-order valence-electron chi connectivity index (χ1n) is 8.70. The Morgan fingerprint density at radius 1 is 1.22 bits per heavy atom. The van der Waals surface area contributed by atoms with Crippen LogP contribution < -0.4 is 5.32 Å². The third-order valence-corrected chi connectivity index (χ3v) is 5.66. The molecule has 1 saturated carbocycles. The minimum atomic E-state index is -0.0813. The van der Waals surface area contributed by atoms with E-state index in [1.54, 1.807) is 18.6 Å². The molecule has 124 valence electrons. The number of amides is 1. The van der Waals surface area contributed by atoms with E-state index in [4.69, 9.17) is 4.74 Å². The van der Waals surface area contributed by atoms with E-state index in [-0.39, 0.29) is 11.8 Å². The number of carbonyl (C=O) groups excluding carboxylic acids is 1. The third-order valence-electron chi connectivity index (χ3n) is 5.66. The van der Waals surface area contributed by atoms with Gasteiger partial charge in [-0.25, -0.2) is 4.98 Å². The maximum absolute atomic E-state index is 12.7. The first kappa shape index (κ1) is 15.0. The van der Waals surface area contributed by atoms with Crippen LogP contribution in [0, 0.1) is 17.8 Å². The van der Waals surface area contributed by atoms with Gasteiger partial charge in [-0.2, -0.15) is 0 Å². The second kappa shape index (κ2) is 6.53. The summed E-state index contributed by atoms with van der Waals surface area (Å²) in [7, 11) is 0. The zero-order valence-electron chi connectivity index (χ0n) is 13.4. The second-order valence-electron chi connectivity index (χ2n) is 7.04. The highest BCUT2D eigenvalue weighted by atomic mass is 16.5. The smallest absolute Gasteiger partial charge is 0.231 e. The fourth-order valence-corrected chi connectivity index (χ4v) is 4.45. The summed E-state index contributed by atoms with van der Waals surface area (Å²) in [6, 6.07) is 0.726. The number of hydrogen-bond acceptors (Lipinski definition) is 5. The standard InChI is InChI=1S/C17H24N4O2/c22-17(20-16-7-18-5-6-19-16)15-11-23-10-12-8-21(9-14(12)15)13-3-1-2-4-13/h5-7,12-15H,1-4,8-11H2,(H,19,20,22)/t12-,14-,15+/m1/s1. The van der Waals surface area contributed by atoms with E-state index in [0.29, 0.717) is 24.3 Å². The van der Waals surface area contributed by atoms with Crippen molar-refractivity contribution in [3.8, 4) is 0 Å². The molecule has 0 radical (unpaired) electrons. The molecule has 3 heterocycles. The van der Waals surface area contributed by atoms with Gasteiger partial charge in [0.15, 0.2) is 5.82 Å². The minimum Gasteiger partial charge on any atom is -0.380 e. The molecule has 0 unspecified atom stereocenters. The average molecular weight is 316 g/mol. The number of carbonyl (C=O) groups is 1. The van der Waals surface area contributed by atoms with Gasteiger partial charge in [-0.05, 0) is 24.7 Å². The van der Waals surface area contributed by atoms with E-state index in [1.807, 2.05) is 0 Å². The van der Waals surface area contributed by atoms with Crippen LogP contribution in [-0.2, 0) is 9.53 Å². The summed E-state index contributed by atoms with van der Waals surface area (Å²) in [5.74, 6) is 1.35. The van der Waals surface area contributed by atoms with Crippen molar-refractivity contribution < 1.29 is 9.53 Å². The number of rotatable bonds is 3. The highest BCUT2D eigenvalue weighted by Gasteiger charge is 2.45. The van der Waals surface area contributed by atoms with E-state index in [2.05, 4.69) is 20.2 Å². The molecule has 3 atom stereocenters. The summed E-state index contributed by atoms with van der Waals surface area (Å²) < 4.78 is 5.74. The lowest BCUT2D eigenvalue weighted by Gasteiger charge is -2.31. The number of likely N-dealkylation sites (tertiary alicyclic amines) is 1. The first-order chi connectivity index (χ1) is 11.3. The van der Waals surface area contributed by atoms with Crippen LogP contribution in [0.4, 0.5) is 5.82 Å². The van der Waals surface area contributed by atoms with Gasteiger partial charge in [0.2, 0.25) is 5.91 Å². The van der Waals surface area contributed by atoms with E-state index in [1.165, 1.54) is 25.7 Å². The highest BCUT2D eigenvalue weighted by molar-refractivity contribution is 5.92. The van der Waals surface area contributed by atoms with Crippen LogP contribution in [0.25, 0.3) is 0 Å². The average Bonchev–Trinajstić information content (AvgIpc) is 3.24. The van der Waals surface area contributed by atoms with Crippen molar-refractivity contribution in [2.45, 2.75) is 31.7 Å². The van der Waals surface area contributed by atoms with E-state index in [9.17, 15) is 4.79 Å². The second-order valence-corrected chi connectivity index (χ2v) is 7.04. The Balaban J connectivity index is 1.43. The number of nitrogens with zero attached hydrogens (tertiary/aromatic N) is 3. The van der Waals surface area contributed by atoms with Gasteiger partial charge in [-0.15, -0.1) is 0 Å². The van der Waals surface area contributed by atoms with Crippen LogP contribution in [0.1, 0.15) is 25.7 Å². The zero-order chi connectivity index (χ0) is 15.6. The monoisotopic (exact) mass is 316 g/mol. The predicted octanol–water partition coefficient (Wildman–Crippen LogP) is 1.55. The molecule has 0 spiro atoms. The normalized spacial score (nSPS) is 31.9. The molecule has 1 aliphatic carbocycles. The molecule has 1 N–H and O–H groups in total. The number of anilines is 1. The van der Waals surface area contributed by atoms with Crippen molar-refractivity contribution in [1.82, 2.24) is 14.9 Å². The van der Waals surface area contributed by atoms with Crippen molar-refractivity contribution in [1.29, 1.82) is 0 Å². The van der Waals surface area contributed by atoms with Gasteiger partial charge in [-0.3, -0.25) is 14.7 Å². The molecular weight excluding hydrogens is 292 g/mol. The lowest BCUT2D eigenvalue weighted by Crippen LogP contribution is -2.42. The zero-order valence-corrected chi connectivity index (χ0v) is 13.4. The Morgan fingerprint density at radius 3 is 2.87 bits per heavy atom. The first-order valence-corrected chi connectivity index (χ1v) is 8.70. The summed E-state index contributed by atoms with van der Waals surface area (Å²) in [4.78, 5) is 23.4. The molecule has 3 aliphatic rings. The van der Waals surface area contributed by atoms with Crippen LogP contribution in [0.5, 0.6) is 0 Å². The maximum atomic E-state index is 12.7. The molecular formula is C17H24N4O2. The Kier molecular flexibility index (Phi) is 4.27. The van der Waals surface area contributed by atoms with Crippen molar-refractivity contribution in [3.63, 3.8) is 0 Å². The molecule has 1 aromatic heterocycles. The summed E-state index contributed by atoms with van der Waals surface area (Å²) >= 11 is 0. The molecule has 23 heavy (non-hydrogen) atoms. The van der Waals surface area contributed by atoms with Gasteiger partial charge in [0.1, 0.15) is 0 Å². The van der Waals surface area contributed by atoms with Gasteiger partial charge in [0.25, 0.3) is 0 Å². The number of hydrogen-bond donors (Lipinski definition) is 1. The van der Waals surface area contributed by atoms with Crippen molar-refractivity contribution in [2.75, 3.05) is 31.6 Å². The Bertz CT molecular complexity index is 547. The molecule has 6 nitrogen and oxygen atoms in total. The number of ether oxygens (including phenoxy) is 1. The molecule has 3 fully saturated rings. The highest BCUT2D eigenvalue weighted by Crippen LogP contribution is 2.38. The quantitative estimate of drug-likeness (QED) is 0.916. The van der Waals surface area contributed by atoms with Crippen LogP contribution in [0.15, 0.2) is 18.6 Å². The van der Waals surface area contributed by atoms with E-state index >= 15 is 0 Å². The Hall–Kier alpha value is -1.53. The molecule has 0 bridgehead atoms. The fraction of sp³-hybridized carbons (Fsp3) is 0.706. The summed E-state index contributed by atoms with van der Waals surface area (Å²) in [6.07, 6.45) is 10.1. The third kappa shape index (κ3) is 3.10. The molecule has 4 rings (SSSR count). The summed E-state index contributed by atoms with van der Waals surface area (Å²) in [5, 5.41) is 2.90. The molecule has 6 heteroatoms. The van der Waals surface area contributed by atoms with Gasteiger partial charge in [0.05, 0.1) is 25.3 Å². The van der Waals surface area contributed by atoms with Gasteiger partial charge in [-0.1, -0.05) is 12.8 Å². The number of fused-ring (bicyclic) bond motifs is 1. The van der Waals surface area contributed by atoms with E-state index < -0.39 is 0 Å².